The second kappa shape index (κ2) is 14.3. The van der Waals surface area contributed by atoms with E-state index in [9.17, 15) is 0 Å². The summed E-state index contributed by atoms with van der Waals surface area (Å²) in [7, 11) is 1.67. The monoisotopic (exact) mass is 494 g/mol. The fourth-order valence-electron chi connectivity index (χ4n) is 3.93. The van der Waals surface area contributed by atoms with Crippen LogP contribution in [0.4, 0.5) is 11.9 Å². The van der Waals surface area contributed by atoms with Crippen LogP contribution in [0.15, 0.2) is 36.4 Å². The Morgan fingerprint density at radius 1 is 0.778 bits per heavy atom. The van der Waals surface area contributed by atoms with Crippen molar-refractivity contribution < 1.29 is 14.2 Å². The summed E-state index contributed by atoms with van der Waals surface area (Å²) in [5, 5.41) is 6.63. The van der Waals surface area contributed by atoms with E-state index >= 15 is 0 Å². The van der Waals surface area contributed by atoms with Crippen LogP contribution in [0.5, 0.6) is 5.75 Å². The third-order valence-corrected chi connectivity index (χ3v) is 5.56. The van der Waals surface area contributed by atoms with Crippen molar-refractivity contribution in [1.82, 2.24) is 15.0 Å². The normalized spacial score (nSPS) is 10.9. The van der Waals surface area contributed by atoms with Gasteiger partial charge >= 0.3 is 0 Å². The van der Waals surface area contributed by atoms with Crippen molar-refractivity contribution in [2.45, 2.75) is 27.2 Å². The molecule has 0 saturated carbocycles. The number of nitrogens with zero attached hydrogens (tertiary/aromatic N) is 3. The lowest BCUT2D eigenvalue weighted by Gasteiger charge is -2.14. The van der Waals surface area contributed by atoms with Crippen LogP contribution < -0.4 is 21.1 Å². The maximum atomic E-state index is 5.60. The average molecular weight is 495 g/mol. The van der Waals surface area contributed by atoms with E-state index in [1.165, 1.54) is 11.1 Å². The standard InChI is InChI=1S/C27H38N6O3/c1-19-17-20(2)24(21(3)18-19)25-31-26(29-11-9-22-5-7-23(34-4)8-6-22)33-27(32-25)30-12-14-36-16-15-35-13-10-28/h5-8,17-18H,9-16,28H2,1-4H3,(H2,29,30,31,32,33). The van der Waals surface area contributed by atoms with Gasteiger partial charge in [-0.05, 0) is 56.0 Å². The number of anilines is 2. The van der Waals surface area contributed by atoms with Crippen molar-refractivity contribution >= 4 is 11.9 Å². The number of nitrogens with one attached hydrogen (secondary N) is 2. The lowest BCUT2D eigenvalue weighted by Crippen LogP contribution is -2.17. The van der Waals surface area contributed by atoms with Crippen LogP contribution in [0, 0.1) is 20.8 Å². The minimum absolute atomic E-state index is 0.509. The summed E-state index contributed by atoms with van der Waals surface area (Å²) >= 11 is 0. The maximum absolute atomic E-state index is 5.60. The Bertz CT molecular complexity index is 1070. The van der Waals surface area contributed by atoms with E-state index in [4.69, 9.17) is 29.9 Å². The molecule has 0 bridgehead atoms. The number of hydrogen-bond donors (Lipinski definition) is 3. The molecule has 0 amide bonds. The van der Waals surface area contributed by atoms with Crippen LogP contribution in [-0.2, 0) is 15.9 Å². The zero-order chi connectivity index (χ0) is 25.8. The van der Waals surface area contributed by atoms with E-state index in [0.29, 0.717) is 63.8 Å². The summed E-state index contributed by atoms with van der Waals surface area (Å²) in [5.41, 5.74) is 11.1. The minimum Gasteiger partial charge on any atom is -0.497 e. The van der Waals surface area contributed by atoms with Gasteiger partial charge in [-0.25, -0.2) is 0 Å². The molecular formula is C27H38N6O3. The lowest BCUT2D eigenvalue weighted by atomic mass is 9.99. The largest absolute Gasteiger partial charge is 0.497 e. The van der Waals surface area contributed by atoms with Gasteiger partial charge in [0.1, 0.15) is 5.75 Å². The number of aromatic nitrogens is 3. The second-order valence-corrected chi connectivity index (χ2v) is 8.54. The SMILES string of the molecule is COc1ccc(CCNc2nc(NCCOCCOCCN)nc(-c3c(C)cc(C)cc3C)n2)cc1. The first-order valence-electron chi connectivity index (χ1n) is 12.3. The summed E-state index contributed by atoms with van der Waals surface area (Å²) in [6.07, 6.45) is 0.830. The molecule has 4 N–H and O–H groups in total. The van der Waals surface area contributed by atoms with Crippen LogP contribution in [0.25, 0.3) is 11.4 Å². The third kappa shape index (κ3) is 8.44. The van der Waals surface area contributed by atoms with Gasteiger partial charge in [-0.1, -0.05) is 29.8 Å². The Hall–Kier alpha value is -3.27. The van der Waals surface area contributed by atoms with Crippen LogP contribution >= 0.6 is 0 Å². The summed E-state index contributed by atoms with van der Waals surface area (Å²) in [6, 6.07) is 12.4. The van der Waals surface area contributed by atoms with Crippen molar-refractivity contribution in [2.24, 2.45) is 5.73 Å². The molecule has 1 aromatic heterocycles. The number of hydrogen-bond acceptors (Lipinski definition) is 9. The predicted octanol–water partition coefficient (Wildman–Crippen LogP) is 3.53. The fourth-order valence-corrected chi connectivity index (χ4v) is 3.93. The van der Waals surface area contributed by atoms with E-state index in [1.54, 1.807) is 7.11 Å². The molecule has 3 aromatic rings. The summed E-state index contributed by atoms with van der Waals surface area (Å²) in [4.78, 5) is 14.1. The van der Waals surface area contributed by atoms with E-state index in [2.05, 4.69) is 60.7 Å². The van der Waals surface area contributed by atoms with Gasteiger partial charge in [0.2, 0.25) is 11.9 Å². The molecule has 0 aliphatic heterocycles. The molecule has 0 radical (unpaired) electrons. The maximum Gasteiger partial charge on any atom is 0.228 e. The first kappa shape index (κ1) is 27.3. The Kier molecular flexibility index (Phi) is 10.9. The molecule has 2 aromatic carbocycles. The van der Waals surface area contributed by atoms with Crippen LogP contribution in [0.2, 0.25) is 0 Å². The zero-order valence-corrected chi connectivity index (χ0v) is 21.8. The fraction of sp³-hybridized carbons (Fsp3) is 0.444. The summed E-state index contributed by atoms with van der Waals surface area (Å²) in [6.45, 7) is 10.1. The zero-order valence-electron chi connectivity index (χ0n) is 21.8. The first-order valence-corrected chi connectivity index (χ1v) is 12.3. The molecule has 9 heteroatoms. The molecule has 9 nitrogen and oxygen atoms in total. The average Bonchev–Trinajstić information content (AvgIpc) is 2.85. The second-order valence-electron chi connectivity index (χ2n) is 8.54. The number of benzene rings is 2. The van der Waals surface area contributed by atoms with Gasteiger partial charge in [-0.2, -0.15) is 15.0 Å². The summed E-state index contributed by atoms with van der Waals surface area (Å²) < 4.78 is 16.2. The summed E-state index contributed by atoms with van der Waals surface area (Å²) in [5.74, 6) is 2.53. The smallest absolute Gasteiger partial charge is 0.228 e. The molecule has 194 valence electrons. The van der Waals surface area contributed by atoms with Gasteiger partial charge in [-0.3, -0.25) is 0 Å². The molecule has 0 saturated heterocycles. The molecule has 1 heterocycles. The molecule has 0 fully saturated rings. The van der Waals surface area contributed by atoms with E-state index in [0.717, 1.165) is 28.9 Å². The van der Waals surface area contributed by atoms with E-state index in [-0.39, 0.29) is 0 Å². The van der Waals surface area contributed by atoms with Crippen molar-refractivity contribution in [1.29, 1.82) is 0 Å². The molecular weight excluding hydrogens is 456 g/mol. The highest BCUT2D eigenvalue weighted by Gasteiger charge is 2.14. The molecule has 0 aliphatic carbocycles. The van der Waals surface area contributed by atoms with Crippen molar-refractivity contribution in [3.8, 4) is 17.1 Å². The molecule has 36 heavy (non-hydrogen) atoms. The molecule has 0 atom stereocenters. The quantitative estimate of drug-likeness (QED) is 0.273. The number of ether oxygens (including phenoxy) is 3. The molecule has 0 aliphatic rings. The van der Waals surface area contributed by atoms with Crippen LogP contribution in [0.3, 0.4) is 0 Å². The topological polar surface area (TPSA) is 116 Å². The highest BCUT2D eigenvalue weighted by molar-refractivity contribution is 5.67. The minimum atomic E-state index is 0.509. The number of aryl methyl sites for hydroxylation is 3. The molecule has 3 rings (SSSR count). The highest BCUT2D eigenvalue weighted by Crippen LogP contribution is 2.27. The van der Waals surface area contributed by atoms with E-state index in [1.807, 2.05) is 12.1 Å². The van der Waals surface area contributed by atoms with Gasteiger partial charge in [-0.15, -0.1) is 0 Å². The first-order chi connectivity index (χ1) is 17.5. The Morgan fingerprint density at radius 2 is 1.39 bits per heavy atom. The Labute approximate surface area is 213 Å². The Balaban J connectivity index is 1.68. The number of methoxy groups -OCH3 is 1. The van der Waals surface area contributed by atoms with Crippen LogP contribution in [-0.4, -0.2) is 68.1 Å². The Morgan fingerprint density at radius 3 is 2.00 bits per heavy atom. The van der Waals surface area contributed by atoms with Gasteiger partial charge in [0.15, 0.2) is 5.82 Å². The van der Waals surface area contributed by atoms with Gasteiger partial charge < -0.3 is 30.6 Å². The van der Waals surface area contributed by atoms with Crippen molar-refractivity contribution in [3.05, 3.63) is 58.7 Å². The van der Waals surface area contributed by atoms with Crippen molar-refractivity contribution in [3.63, 3.8) is 0 Å². The van der Waals surface area contributed by atoms with E-state index < -0.39 is 0 Å². The molecule has 0 unspecified atom stereocenters. The van der Waals surface area contributed by atoms with Gasteiger partial charge in [0.25, 0.3) is 0 Å². The molecule has 0 spiro atoms. The van der Waals surface area contributed by atoms with Crippen molar-refractivity contribution in [2.75, 3.05) is 63.8 Å². The van der Waals surface area contributed by atoms with Gasteiger partial charge in [0, 0.05) is 25.2 Å². The highest BCUT2D eigenvalue weighted by atomic mass is 16.5. The third-order valence-electron chi connectivity index (χ3n) is 5.56. The lowest BCUT2D eigenvalue weighted by molar-refractivity contribution is 0.0547. The van der Waals surface area contributed by atoms with Gasteiger partial charge in [0.05, 0.1) is 33.5 Å². The number of rotatable bonds is 15. The van der Waals surface area contributed by atoms with Crippen LogP contribution in [0.1, 0.15) is 22.3 Å². The predicted molar refractivity (Wildman–Crippen MR) is 144 cm³/mol. The number of nitrogens with two attached hydrogens (primary N) is 1.